The summed E-state index contributed by atoms with van der Waals surface area (Å²) in [5, 5.41) is 6.22. The van der Waals surface area contributed by atoms with Gasteiger partial charge in [0, 0.05) is 25.8 Å². The summed E-state index contributed by atoms with van der Waals surface area (Å²) in [5.74, 6) is 0.397. The molecule has 82 valence electrons. The highest BCUT2D eigenvalue weighted by Gasteiger charge is 2.25. The normalized spacial score (nSPS) is 25.5. The lowest BCUT2D eigenvalue weighted by atomic mass is 10.1. The molecule has 0 spiro atoms. The van der Waals surface area contributed by atoms with Crippen molar-refractivity contribution < 1.29 is 4.79 Å². The first-order chi connectivity index (χ1) is 7.16. The molecule has 1 aromatic rings. The van der Waals surface area contributed by atoms with Crippen molar-refractivity contribution in [3.05, 3.63) is 18.2 Å². The van der Waals surface area contributed by atoms with E-state index in [0.717, 1.165) is 13.1 Å². The maximum absolute atomic E-state index is 11.7. The van der Waals surface area contributed by atoms with Crippen LogP contribution in [0.3, 0.4) is 0 Å². The van der Waals surface area contributed by atoms with Crippen LogP contribution in [-0.2, 0) is 7.05 Å². The van der Waals surface area contributed by atoms with Crippen LogP contribution in [-0.4, -0.2) is 34.6 Å². The van der Waals surface area contributed by atoms with Gasteiger partial charge in [0.2, 0.25) is 0 Å². The van der Waals surface area contributed by atoms with Crippen LogP contribution in [0.1, 0.15) is 17.4 Å². The summed E-state index contributed by atoms with van der Waals surface area (Å²) in [7, 11) is 1.85. The Hall–Kier alpha value is -1.36. The molecular formula is C10H16N4O. The van der Waals surface area contributed by atoms with Gasteiger partial charge in [0.15, 0.2) is 0 Å². The third kappa shape index (κ3) is 2.18. The molecule has 0 aliphatic carbocycles. The number of amides is 1. The van der Waals surface area contributed by atoms with Gasteiger partial charge < -0.3 is 15.2 Å². The molecule has 5 heteroatoms. The molecule has 1 saturated heterocycles. The fourth-order valence-electron chi connectivity index (χ4n) is 1.78. The number of imidazole rings is 1. The average molecular weight is 208 g/mol. The van der Waals surface area contributed by atoms with Crippen molar-refractivity contribution in [3.8, 4) is 0 Å². The van der Waals surface area contributed by atoms with Crippen LogP contribution < -0.4 is 10.6 Å². The number of aryl methyl sites for hydroxylation is 1. The fourth-order valence-corrected chi connectivity index (χ4v) is 1.78. The maximum atomic E-state index is 11.7. The summed E-state index contributed by atoms with van der Waals surface area (Å²) in [6, 6.07) is 0.222. The fraction of sp³-hybridized carbons (Fsp3) is 0.600. The lowest BCUT2D eigenvalue weighted by molar-refractivity contribution is 0.0928. The molecule has 15 heavy (non-hydrogen) atoms. The van der Waals surface area contributed by atoms with Gasteiger partial charge in [0.1, 0.15) is 5.69 Å². The first-order valence-electron chi connectivity index (χ1n) is 5.16. The molecule has 0 aromatic carbocycles. The van der Waals surface area contributed by atoms with E-state index < -0.39 is 0 Å². The first kappa shape index (κ1) is 10.2. The Morgan fingerprint density at radius 3 is 3.00 bits per heavy atom. The highest BCUT2D eigenvalue weighted by atomic mass is 16.2. The zero-order chi connectivity index (χ0) is 10.8. The quantitative estimate of drug-likeness (QED) is 0.705. The second-order valence-corrected chi connectivity index (χ2v) is 4.14. The summed E-state index contributed by atoms with van der Waals surface area (Å²) >= 11 is 0. The monoisotopic (exact) mass is 208 g/mol. The Kier molecular flexibility index (Phi) is 2.73. The van der Waals surface area contributed by atoms with Crippen molar-refractivity contribution in [2.75, 3.05) is 13.1 Å². The van der Waals surface area contributed by atoms with E-state index in [9.17, 15) is 4.79 Å². The minimum absolute atomic E-state index is 0.0869. The molecule has 2 heterocycles. The minimum atomic E-state index is -0.0869. The topological polar surface area (TPSA) is 58.9 Å². The Morgan fingerprint density at radius 1 is 1.67 bits per heavy atom. The standard InChI is InChI=1S/C10H16N4O/c1-7-3-11-4-8(7)13-10(15)9-5-14(2)6-12-9/h5-8,11H,3-4H2,1-2H3,(H,13,15). The SMILES string of the molecule is CC1CNCC1NC(=O)c1cn(C)cn1. The number of rotatable bonds is 2. The highest BCUT2D eigenvalue weighted by Crippen LogP contribution is 2.08. The predicted molar refractivity (Wildman–Crippen MR) is 56.5 cm³/mol. The number of nitrogens with zero attached hydrogens (tertiary/aromatic N) is 2. The molecular weight excluding hydrogens is 192 g/mol. The smallest absolute Gasteiger partial charge is 0.271 e. The van der Waals surface area contributed by atoms with E-state index in [2.05, 4.69) is 22.5 Å². The van der Waals surface area contributed by atoms with Crippen molar-refractivity contribution >= 4 is 5.91 Å². The molecule has 1 aromatic heterocycles. The predicted octanol–water partition coefficient (Wildman–Crippen LogP) is -0.242. The van der Waals surface area contributed by atoms with Crippen LogP contribution in [0.2, 0.25) is 0 Å². The van der Waals surface area contributed by atoms with Crippen molar-refractivity contribution in [3.63, 3.8) is 0 Å². The lowest BCUT2D eigenvalue weighted by Crippen LogP contribution is -2.39. The molecule has 1 aliphatic heterocycles. The zero-order valence-corrected chi connectivity index (χ0v) is 9.03. The van der Waals surface area contributed by atoms with Crippen molar-refractivity contribution in [1.82, 2.24) is 20.2 Å². The molecule has 2 atom stereocenters. The van der Waals surface area contributed by atoms with Gasteiger partial charge in [-0.05, 0) is 12.5 Å². The second-order valence-electron chi connectivity index (χ2n) is 4.14. The van der Waals surface area contributed by atoms with Crippen LogP contribution >= 0.6 is 0 Å². The van der Waals surface area contributed by atoms with Gasteiger partial charge in [0.25, 0.3) is 5.91 Å². The third-order valence-corrected chi connectivity index (χ3v) is 2.77. The Morgan fingerprint density at radius 2 is 2.47 bits per heavy atom. The number of hydrogen-bond donors (Lipinski definition) is 2. The molecule has 1 fully saturated rings. The molecule has 2 rings (SSSR count). The third-order valence-electron chi connectivity index (χ3n) is 2.77. The lowest BCUT2D eigenvalue weighted by Gasteiger charge is -2.14. The molecule has 2 unspecified atom stereocenters. The van der Waals surface area contributed by atoms with E-state index in [4.69, 9.17) is 0 Å². The summed E-state index contributed by atoms with van der Waals surface area (Å²) < 4.78 is 1.77. The summed E-state index contributed by atoms with van der Waals surface area (Å²) in [6.07, 6.45) is 3.35. The Bertz CT molecular complexity index is 360. The largest absolute Gasteiger partial charge is 0.346 e. The molecule has 2 N–H and O–H groups in total. The number of carbonyl (C=O) groups is 1. The van der Waals surface area contributed by atoms with Gasteiger partial charge in [-0.3, -0.25) is 4.79 Å². The number of hydrogen-bond acceptors (Lipinski definition) is 3. The van der Waals surface area contributed by atoms with Crippen molar-refractivity contribution in [1.29, 1.82) is 0 Å². The Balaban J connectivity index is 1.97. The molecule has 0 saturated carbocycles. The van der Waals surface area contributed by atoms with Gasteiger partial charge in [-0.2, -0.15) is 0 Å². The van der Waals surface area contributed by atoms with Crippen LogP contribution in [0.25, 0.3) is 0 Å². The van der Waals surface area contributed by atoms with Crippen LogP contribution in [0.5, 0.6) is 0 Å². The van der Waals surface area contributed by atoms with E-state index in [1.54, 1.807) is 17.1 Å². The number of aromatic nitrogens is 2. The first-order valence-corrected chi connectivity index (χ1v) is 5.16. The van der Waals surface area contributed by atoms with Crippen LogP contribution in [0.4, 0.5) is 0 Å². The minimum Gasteiger partial charge on any atom is -0.346 e. The maximum Gasteiger partial charge on any atom is 0.271 e. The summed E-state index contributed by atoms with van der Waals surface area (Å²) in [4.78, 5) is 15.8. The molecule has 1 amide bonds. The summed E-state index contributed by atoms with van der Waals surface area (Å²) in [6.45, 7) is 3.94. The van der Waals surface area contributed by atoms with Gasteiger partial charge in [0.05, 0.1) is 6.33 Å². The summed E-state index contributed by atoms with van der Waals surface area (Å²) in [5.41, 5.74) is 0.483. The molecule has 5 nitrogen and oxygen atoms in total. The average Bonchev–Trinajstić information content (AvgIpc) is 2.77. The van der Waals surface area contributed by atoms with E-state index in [0.29, 0.717) is 11.6 Å². The highest BCUT2D eigenvalue weighted by molar-refractivity contribution is 5.92. The molecule has 0 radical (unpaired) electrons. The van der Waals surface area contributed by atoms with Crippen molar-refractivity contribution in [2.45, 2.75) is 13.0 Å². The van der Waals surface area contributed by atoms with Gasteiger partial charge >= 0.3 is 0 Å². The van der Waals surface area contributed by atoms with Gasteiger partial charge in [-0.15, -0.1) is 0 Å². The van der Waals surface area contributed by atoms with E-state index in [1.165, 1.54) is 0 Å². The molecule has 0 bridgehead atoms. The second kappa shape index (κ2) is 4.02. The van der Waals surface area contributed by atoms with Crippen LogP contribution in [0.15, 0.2) is 12.5 Å². The van der Waals surface area contributed by atoms with Crippen molar-refractivity contribution in [2.24, 2.45) is 13.0 Å². The Labute approximate surface area is 88.9 Å². The van der Waals surface area contributed by atoms with Gasteiger partial charge in [-0.1, -0.05) is 6.92 Å². The van der Waals surface area contributed by atoms with Gasteiger partial charge in [-0.25, -0.2) is 4.98 Å². The molecule has 1 aliphatic rings. The number of carbonyl (C=O) groups excluding carboxylic acids is 1. The van der Waals surface area contributed by atoms with E-state index in [1.807, 2.05) is 7.05 Å². The van der Waals surface area contributed by atoms with Crippen LogP contribution in [0, 0.1) is 5.92 Å². The zero-order valence-electron chi connectivity index (χ0n) is 9.03. The van der Waals surface area contributed by atoms with E-state index >= 15 is 0 Å². The number of nitrogens with one attached hydrogen (secondary N) is 2. The van der Waals surface area contributed by atoms with E-state index in [-0.39, 0.29) is 11.9 Å².